The first-order chi connectivity index (χ1) is 12.7. The zero-order valence-corrected chi connectivity index (χ0v) is 15.7. The summed E-state index contributed by atoms with van der Waals surface area (Å²) < 4.78 is 4.47. The maximum Gasteiger partial charge on any atom is 0.101 e. The molecule has 0 spiro atoms. The lowest BCUT2D eigenvalue weighted by Gasteiger charge is -2.09. The molecule has 3 nitrogen and oxygen atoms in total. The number of hydrogen-bond acceptors (Lipinski definition) is 2. The maximum atomic E-state index is 10.1. The van der Waals surface area contributed by atoms with Crippen molar-refractivity contribution in [1.29, 1.82) is 5.26 Å². The Morgan fingerprint density at radius 3 is 1.92 bits per heavy atom. The van der Waals surface area contributed by atoms with E-state index in [1.165, 1.54) is 16.3 Å². The van der Waals surface area contributed by atoms with Crippen molar-refractivity contribution in [3.63, 3.8) is 0 Å². The third kappa shape index (κ3) is 1.69. The van der Waals surface area contributed by atoms with Crippen molar-refractivity contribution >= 4 is 55.4 Å². The molecule has 5 aromatic rings. The van der Waals surface area contributed by atoms with Crippen molar-refractivity contribution in [2.24, 2.45) is 14.1 Å². The van der Waals surface area contributed by atoms with Crippen LogP contribution < -0.4 is 0 Å². The molecule has 4 heteroatoms. The van der Waals surface area contributed by atoms with E-state index in [-0.39, 0.29) is 0 Å². The average Bonchev–Trinajstić information content (AvgIpc) is 3.14. The third-order valence-electron chi connectivity index (χ3n) is 5.46. The molecule has 126 valence electrons. The van der Waals surface area contributed by atoms with E-state index in [1.54, 1.807) is 11.8 Å². The Hall–Kier alpha value is -2.90. The van der Waals surface area contributed by atoms with Crippen LogP contribution in [-0.4, -0.2) is 15.4 Å². The summed E-state index contributed by atoms with van der Waals surface area (Å²) in [6.07, 6.45) is 2.06. The lowest BCUT2D eigenvalue weighted by molar-refractivity contribution is 0.997. The normalized spacial score (nSPS) is 11.8. The summed E-state index contributed by atoms with van der Waals surface area (Å²) in [5.41, 5.74) is 5.43. The van der Waals surface area contributed by atoms with Crippen molar-refractivity contribution in [2.75, 3.05) is 6.26 Å². The fourth-order valence-electron chi connectivity index (χ4n) is 4.38. The Morgan fingerprint density at radius 2 is 1.35 bits per heavy atom. The highest BCUT2D eigenvalue weighted by molar-refractivity contribution is 7.98. The van der Waals surface area contributed by atoms with Crippen molar-refractivity contribution in [3.05, 3.63) is 54.1 Å². The number of nitrogens with zero attached hydrogens (tertiary/aromatic N) is 3. The second kappa shape index (κ2) is 5.30. The molecule has 5 rings (SSSR count). The van der Waals surface area contributed by atoms with Gasteiger partial charge in [0.15, 0.2) is 0 Å². The molecule has 0 radical (unpaired) electrons. The first-order valence-electron chi connectivity index (χ1n) is 8.53. The predicted molar refractivity (Wildman–Crippen MR) is 111 cm³/mol. The van der Waals surface area contributed by atoms with Crippen LogP contribution in [0.15, 0.2) is 53.4 Å². The Bertz CT molecular complexity index is 1400. The molecule has 0 aliphatic heterocycles. The van der Waals surface area contributed by atoms with Gasteiger partial charge in [-0.1, -0.05) is 36.4 Å². The van der Waals surface area contributed by atoms with Gasteiger partial charge in [-0.05, 0) is 18.4 Å². The van der Waals surface area contributed by atoms with E-state index in [9.17, 15) is 5.26 Å². The molecule has 0 fully saturated rings. The van der Waals surface area contributed by atoms with E-state index in [4.69, 9.17) is 0 Å². The molecule has 2 heterocycles. The minimum atomic E-state index is 0.780. The largest absolute Gasteiger partial charge is 0.343 e. The SMILES string of the molecule is CSc1c(C#N)c2c3ccccc3n(C)c2c2c3ccccc3n(C)c12. The van der Waals surface area contributed by atoms with E-state index < -0.39 is 0 Å². The van der Waals surface area contributed by atoms with Gasteiger partial charge in [-0.3, -0.25) is 0 Å². The van der Waals surface area contributed by atoms with Gasteiger partial charge in [0.2, 0.25) is 0 Å². The molecule has 0 N–H and O–H groups in total. The first-order valence-corrected chi connectivity index (χ1v) is 9.75. The van der Waals surface area contributed by atoms with Gasteiger partial charge in [-0.25, -0.2) is 0 Å². The molecular formula is C22H17N3S. The number of aryl methyl sites for hydroxylation is 2. The second-order valence-corrected chi connectivity index (χ2v) is 7.44. The van der Waals surface area contributed by atoms with E-state index in [1.807, 2.05) is 0 Å². The summed E-state index contributed by atoms with van der Waals surface area (Å²) in [7, 11) is 4.20. The number of benzene rings is 3. The zero-order valence-electron chi connectivity index (χ0n) is 14.9. The summed E-state index contributed by atoms with van der Waals surface area (Å²) in [6, 6.07) is 19.4. The molecule has 2 aromatic heterocycles. The summed E-state index contributed by atoms with van der Waals surface area (Å²) in [5, 5.41) is 14.7. The van der Waals surface area contributed by atoms with E-state index in [0.717, 1.165) is 37.8 Å². The van der Waals surface area contributed by atoms with Crippen LogP contribution in [0.3, 0.4) is 0 Å². The number of hydrogen-bond donors (Lipinski definition) is 0. The molecule has 0 aliphatic carbocycles. The van der Waals surface area contributed by atoms with Gasteiger partial charge >= 0.3 is 0 Å². The van der Waals surface area contributed by atoms with Crippen molar-refractivity contribution in [1.82, 2.24) is 9.13 Å². The van der Waals surface area contributed by atoms with Gasteiger partial charge in [-0.15, -0.1) is 11.8 Å². The van der Waals surface area contributed by atoms with E-state index in [0.29, 0.717) is 0 Å². The number of thioether (sulfide) groups is 1. The van der Waals surface area contributed by atoms with Gasteiger partial charge in [-0.2, -0.15) is 5.26 Å². The smallest absolute Gasteiger partial charge is 0.101 e. The van der Waals surface area contributed by atoms with Crippen LogP contribution in [0.4, 0.5) is 0 Å². The molecule has 0 unspecified atom stereocenters. The molecule has 0 saturated carbocycles. The predicted octanol–water partition coefficient (Wildman–Crippen LogP) is 5.57. The van der Waals surface area contributed by atoms with Gasteiger partial charge < -0.3 is 9.13 Å². The van der Waals surface area contributed by atoms with Gasteiger partial charge in [0.1, 0.15) is 6.07 Å². The van der Waals surface area contributed by atoms with Gasteiger partial charge in [0, 0.05) is 51.6 Å². The highest BCUT2D eigenvalue weighted by atomic mass is 32.2. The molecule has 26 heavy (non-hydrogen) atoms. The Morgan fingerprint density at radius 1 is 0.808 bits per heavy atom. The average molecular weight is 355 g/mol. The first kappa shape index (κ1) is 15.4. The van der Waals surface area contributed by atoms with Crippen LogP contribution in [0, 0.1) is 11.3 Å². The molecule has 3 aromatic carbocycles. The third-order valence-corrected chi connectivity index (χ3v) is 6.26. The molecule has 0 bridgehead atoms. The lowest BCUT2D eigenvalue weighted by atomic mass is 10.0. The topological polar surface area (TPSA) is 33.6 Å². The number of rotatable bonds is 1. The minimum absolute atomic E-state index is 0.780. The quantitative estimate of drug-likeness (QED) is 0.368. The minimum Gasteiger partial charge on any atom is -0.343 e. The van der Waals surface area contributed by atoms with Crippen LogP contribution in [-0.2, 0) is 14.1 Å². The number of nitriles is 1. The number of fused-ring (bicyclic) bond motifs is 7. The second-order valence-electron chi connectivity index (χ2n) is 6.62. The fraction of sp³-hybridized carbons (Fsp3) is 0.136. The van der Waals surface area contributed by atoms with Crippen molar-refractivity contribution < 1.29 is 0 Å². The summed E-state index contributed by atoms with van der Waals surface area (Å²) in [6.45, 7) is 0. The van der Waals surface area contributed by atoms with E-state index in [2.05, 4.69) is 84.1 Å². The molecule has 0 saturated heterocycles. The van der Waals surface area contributed by atoms with Crippen molar-refractivity contribution in [3.8, 4) is 6.07 Å². The molecule has 0 atom stereocenters. The zero-order chi connectivity index (χ0) is 18.0. The van der Waals surface area contributed by atoms with Crippen LogP contribution in [0.5, 0.6) is 0 Å². The number of para-hydroxylation sites is 2. The number of aromatic nitrogens is 2. The van der Waals surface area contributed by atoms with Crippen molar-refractivity contribution in [2.45, 2.75) is 4.90 Å². The summed E-state index contributed by atoms with van der Waals surface area (Å²) >= 11 is 1.66. The lowest BCUT2D eigenvalue weighted by Crippen LogP contribution is -1.94. The monoisotopic (exact) mass is 355 g/mol. The van der Waals surface area contributed by atoms with Crippen LogP contribution in [0.2, 0.25) is 0 Å². The van der Waals surface area contributed by atoms with Gasteiger partial charge in [0.25, 0.3) is 0 Å². The standard InChI is InChI=1S/C22H17N3S/c1-24-16-10-6-4-8-13(16)18-15(12-23)22(26-3)21-19(20(18)24)14-9-5-7-11-17(14)25(21)2/h4-11H,1-3H3. The molecule has 0 aliphatic rings. The Balaban J connectivity index is 2.28. The van der Waals surface area contributed by atoms with Crippen LogP contribution in [0.1, 0.15) is 5.56 Å². The maximum absolute atomic E-state index is 10.1. The molecule has 0 amide bonds. The Kier molecular flexibility index (Phi) is 3.13. The van der Waals surface area contributed by atoms with Gasteiger partial charge in [0.05, 0.1) is 16.6 Å². The highest BCUT2D eigenvalue weighted by Gasteiger charge is 2.24. The fourth-order valence-corrected chi connectivity index (χ4v) is 5.16. The van der Waals surface area contributed by atoms with Crippen LogP contribution >= 0.6 is 11.8 Å². The summed E-state index contributed by atoms with van der Waals surface area (Å²) in [5.74, 6) is 0. The Labute approximate surface area is 155 Å². The highest BCUT2D eigenvalue weighted by Crippen LogP contribution is 2.45. The molecular weight excluding hydrogens is 338 g/mol. The summed E-state index contributed by atoms with van der Waals surface area (Å²) in [4.78, 5) is 1.06. The van der Waals surface area contributed by atoms with Crippen LogP contribution in [0.25, 0.3) is 43.6 Å². The van der Waals surface area contributed by atoms with E-state index >= 15 is 0 Å².